The summed E-state index contributed by atoms with van der Waals surface area (Å²) < 4.78 is 0. The molecule has 1 aromatic heterocycles. The summed E-state index contributed by atoms with van der Waals surface area (Å²) in [6, 6.07) is 0. The molecule has 52 valence electrons. The van der Waals surface area contributed by atoms with Gasteiger partial charge in [-0.1, -0.05) is 0 Å². The van der Waals surface area contributed by atoms with Crippen molar-refractivity contribution in [3.63, 3.8) is 0 Å². The molecule has 0 aliphatic rings. The number of nitrogens with zero attached hydrogens (tertiary/aromatic N) is 2. The molecule has 0 amide bonds. The maximum atomic E-state index is 6.95. The minimum atomic E-state index is 0.134. The number of hydrogen-bond donors (Lipinski definition) is 2. The summed E-state index contributed by atoms with van der Waals surface area (Å²) >= 11 is 0. The van der Waals surface area contributed by atoms with Crippen molar-refractivity contribution in [3.8, 4) is 0 Å². The molecule has 10 heavy (non-hydrogen) atoms. The summed E-state index contributed by atoms with van der Waals surface area (Å²) in [5.74, 6) is 0.134. The molecular formula is C6H8N4. The number of aromatic nitrogens is 2. The molecule has 3 N–H and O–H groups in total. The Balaban J connectivity index is 2.67. The normalized spacial score (nSPS) is 9.20. The van der Waals surface area contributed by atoms with Gasteiger partial charge in [-0.15, -0.1) is 0 Å². The first-order valence-electron chi connectivity index (χ1n) is 2.86. The van der Waals surface area contributed by atoms with Crippen molar-refractivity contribution >= 4 is 5.84 Å². The monoisotopic (exact) mass is 136 g/mol. The van der Waals surface area contributed by atoms with Gasteiger partial charge in [-0.2, -0.15) is 0 Å². The smallest absolute Gasteiger partial charge is 0.115 e. The molecule has 0 aliphatic carbocycles. The van der Waals surface area contributed by atoms with E-state index in [-0.39, 0.29) is 5.84 Å². The van der Waals surface area contributed by atoms with Gasteiger partial charge in [0.1, 0.15) is 6.33 Å². The first-order chi connectivity index (χ1) is 4.79. The highest BCUT2D eigenvalue weighted by molar-refractivity contribution is 5.79. The predicted molar refractivity (Wildman–Crippen MR) is 37.7 cm³/mol. The minimum Gasteiger partial charge on any atom is -0.387 e. The topological polar surface area (TPSA) is 75.7 Å². The molecule has 4 nitrogen and oxygen atoms in total. The highest BCUT2D eigenvalue weighted by atomic mass is 14.8. The van der Waals surface area contributed by atoms with Crippen LogP contribution in [-0.4, -0.2) is 15.8 Å². The van der Waals surface area contributed by atoms with Crippen LogP contribution in [0.2, 0.25) is 0 Å². The molecule has 0 aliphatic heterocycles. The summed E-state index contributed by atoms with van der Waals surface area (Å²) in [6.45, 7) is 0. The van der Waals surface area contributed by atoms with Gasteiger partial charge in [-0.25, -0.2) is 9.97 Å². The Bertz CT molecular complexity index is 218. The van der Waals surface area contributed by atoms with Crippen LogP contribution in [-0.2, 0) is 6.42 Å². The van der Waals surface area contributed by atoms with Crippen LogP contribution in [0.15, 0.2) is 18.7 Å². The fourth-order valence-corrected chi connectivity index (χ4v) is 0.641. The molecule has 0 spiro atoms. The van der Waals surface area contributed by atoms with Gasteiger partial charge in [-0.3, -0.25) is 5.41 Å². The molecule has 0 atom stereocenters. The van der Waals surface area contributed by atoms with Crippen LogP contribution in [0.25, 0.3) is 0 Å². The Labute approximate surface area is 58.6 Å². The van der Waals surface area contributed by atoms with Gasteiger partial charge in [-0.05, 0) is 5.56 Å². The Kier molecular flexibility index (Phi) is 1.94. The van der Waals surface area contributed by atoms with E-state index < -0.39 is 0 Å². The predicted octanol–water partition coefficient (Wildman–Crippen LogP) is -0.0449. The van der Waals surface area contributed by atoms with Crippen molar-refractivity contribution in [2.45, 2.75) is 6.42 Å². The third kappa shape index (κ3) is 1.81. The largest absolute Gasteiger partial charge is 0.387 e. The maximum absolute atomic E-state index is 6.95. The van der Waals surface area contributed by atoms with Crippen molar-refractivity contribution in [2.75, 3.05) is 0 Å². The zero-order valence-electron chi connectivity index (χ0n) is 5.41. The SMILES string of the molecule is N=C(N)Cc1cncnc1. The second kappa shape index (κ2) is 2.91. The quantitative estimate of drug-likeness (QED) is 0.442. The molecule has 0 unspecified atom stereocenters. The summed E-state index contributed by atoms with van der Waals surface area (Å²) in [4.78, 5) is 7.55. The van der Waals surface area contributed by atoms with E-state index in [0.717, 1.165) is 5.56 Å². The Morgan fingerprint density at radius 3 is 2.60 bits per heavy atom. The molecular weight excluding hydrogens is 128 g/mol. The summed E-state index contributed by atoms with van der Waals surface area (Å²) in [5, 5.41) is 6.95. The molecule has 0 saturated heterocycles. The van der Waals surface area contributed by atoms with Crippen LogP contribution in [0.1, 0.15) is 5.56 Å². The molecule has 0 fully saturated rings. The second-order valence-corrected chi connectivity index (χ2v) is 1.95. The van der Waals surface area contributed by atoms with Crippen molar-refractivity contribution in [3.05, 3.63) is 24.3 Å². The van der Waals surface area contributed by atoms with E-state index in [1.807, 2.05) is 0 Å². The zero-order valence-corrected chi connectivity index (χ0v) is 5.41. The van der Waals surface area contributed by atoms with Crippen LogP contribution in [0.3, 0.4) is 0 Å². The van der Waals surface area contributed by atoms with Crippen molar-refractivity contribution in [2.24, 2.45) is 5.73 Å². The lowest BCUT2D eigenvalue weighted by Crippen LogP contribution is -2.12. The number of nitrogens with one attached hydrogen (secondary N) is 1. The van der Waals surface area contributed by atoms with E-state index in [0.29, 0.717) is 6.42 Å². The van der Waals surface area contributed by atoms with Crippen LogP contribution in [0.5, 0.6) is 0 Å². The van der Waals surface area contributed by atoms with Crippen molar-refractivity contribution in [1.29, 1.82) is 5.41 Å². The molecule has 1 heterocycles. The molecule has 0 saturated carbocycles. The van der Waals surface area contributed by atoms with E-state index in [4.69, 9.17) is 11.1 Å². The Morgan fingerprint density at radius 2 is 2.10 bits per heavy atom. The summed E-state index contributed by atoms with van der Waals surface area (Å²) in [6.07, 6.45) is 5.17. The van der Waals surface area contributed by atoms with Crippen molar-refractivity contribution in [1.82, 2.24) is 9.97 Å². The summed E-state index contributed by atoms with van der Waals surface area (Å²) in [5.41, 5.74) is 6.02. The van der Waals surface area contributed by atoms with Crippen molar-refractivity contribution < 1.29 is 0 Å². The Morgan fingerprint density at radius 1 is 1.50 bits per heavy atom. The Hall–Kier alpha value is -1.45. The van der Waals surface area contributed by atoms with Crippen LogP contribution in [0.4, 0.5) is 0 Å². The number of rotatable bonds is 2. The van der Waals surface area contributed by atoms with Crippen LogP contribution in [0, 0.1) is 5.41 Å². The average Bonchev–Trinajstić information content (AvgIpc) is 1.88. The zero-order chi connectivity index (χ0) is 7.40. The fraction of sp³-hybridized carbons (Fsp3) is 0.167. The molecule has 0 bridgehead atoms. The first-order valence-corrected chi connectivity index (χ1v) is 2.86. The third-order valence-corrected chi connectivity index (χ3v) is 1.01. The molecule has 1 rings (SSSR count). The number of hydrogen-bond acceptors (Lipinski definition) is 3. The van der Waals surface area contributed by atoms with E-state index in [9.17, 15) is 0 Å². The van der Waals surface area contributed by atoms with E-state index in [1.54, 1.807) is 12.4 Å². The van der Waals surface area contributed by atoms with Gasteiger partial charge < -0.3 is 5.73 Å². The van der Waals surface area contributed by atoms with Gasteiger partial charge in [0.25, 0.3) is 0 Å². The van der Waals surface area contributed by atoms with Gasteiger partial charge in [0, 0.05) is 18.8 Å². The maximum Gasteiger partial charge on any atom is 0.115 e. The highest BCUT2D eigenvalue weighted by Gasteiger charge is 1.92. The van der Waals surface area contributed by atoms with E-state index in [2.05, 4.69) is 9.97 Å². The minimum absolute atomic E-state index is 0.134. The van der Waals surface area contributed by atoms with Gasteiger partial charge in [0.05, 0.1) is 5.84 Å². The van der Waals surface area contributed by atoms with Gasteiger partial charge in [0.15, 0.2) is 0 Å². The molecule has 1 aromatic rings. The first kappa shape index (κ1) is 6.67. The molecule has 0 aromatic carbocycles. The lowest BCUT2D eigenvalue weighted by Gasteiger charge is -1.94. The third-order valence-electron chi connectivity index (χ3n) is 1.01. The molecule has 4 heteroatoms. The lowest BCUT2D eigenvalue weighted by molar-refractivity contribution is 1.09. The number of amidine groups is 1. The van der Waals surface area contributed by atoms with Gasteiger partial charge >= 0.3 is 0 Å². The molecule has 0 radical (unpaired) electrons. The van der Waals surface area contributed by atoms with E-state index >= 15 is 0 Å². The lowest BCUT2D eigenvalue weighted by atomic mass is 10.2. The standard InChI is InChI=1S/C6H8N4/c7-6(8)1-5-2-9-4-10-3-5/h2-4H,1H2,(H3,7,8). The average molecular weight is 136 g/mol. The summed E-state index contributed by atoms with van der Waals surface area (Å²) in [7, 11) is 0. The van der Waals surface area contributed by atoms with Crippen LogP contribution < -0.4 is 5.73 Å². The number of nitrogens with two attached hydrogens (primary N) is 1. The fourth-order valence-electron chi connectivity index (χ4n) is 0.641. The highest BCUT2D eigenvalue weighted by Crippen LogP contribution is 1.92. The second-order valence-electron chi connectivity index (χ2n) is 1.95. The van der Waals surface area contributed by atoms with Gasteiger partial charge in [0.2, 0.25) is 0 Å². The van der Waals surface area contributed by atoms with E-state index in [1.165, 1.54) is 6.33 Å². The van der Waals surface area contributed by atoms with Crippen LogP contribution >= 0.6 is 0 Å².